The van der Waals surface area contributed by atoms with Crippen LogP contribution < -0.4 is 5.32 Å². The number of aromatic nitrogens is 2. The summed E-state index contributed by atoms with van der Waals surface area (Å²) < 4.78 is 18.1. The average Bonchev–Trinajstić information content (AvgIpc) is 3.26. The van der Waals surface area contributed by atoms with Crippen molar-refractivity contribution in [3.8, 4) is 11.4 Å². The second-order valence-corrected chi connectivity index (χ2v) is 6.02. The fraction of sp³-hybridized carbons (Fsp3) is 0.471. The van der Waals surface area contributed by atoms with E-state index in [9.17, 15) is 9.18 Å². The van der Waals surface area contributed by atoms with Crippen LogP contribution in [0.15, 0.2) is 28.8 Å². The SMILES string of the molecule is CN(C(=O)CCCc1nc(-c2ccc(F)cc2)no1)C1CCNC1.Cl. The van der Waals surface area contributed by atoms with Gasteiger partial charge in [-0.3, -0.25) is 4.79 Å². The van der Waals surface area contributed by atoms with Crippen molar-refractivity contribution in [2.75, 3.05) is 20.1 Å². The molecule has 0 spiro atoms. The fourth-order valence-electron chi connectivity index (χ4n) is 2.81. The van der Waals surface area contributed by atoms with E-state index in [0.29, 0.717) is 42.6 Å². The Morgan fingerprint density at radius 3 is 2.84 bits per heavy atom. The van der Waals surface area contributed by atoms with Crippen LogP contribution in [0.4, 0.5) is 4.39 Å². The molecule has 0 radical (unpaired) electrons. The van der Waals surface area contributed by atoms with E-state index in [1.165, 1.54) is 12.1 Å². The van der Waals surface area contributed by atoms with Gasteiger partial charge in [0.05, 0.1) is 0 Å². The molecule has 1 saturated heterocycles. The smallest absolute Gasteiger partial charge is 0.226 e. The number of nitrogens with zero attached hydrogens (tertiary/aromatic N) is 3. The standard InChI is InChI=1S/C17H21FN4O2.ClH/c1-22(14-9-10-19-11-14)16(23)4-2-3-15-20-17(21-24-15)12-5-7-13(18)8-6-12;/h5-8,14,19H,2-4,9-11H2,1H3;1H. The molecule has 1 unspecified atom stereocenters. The Balaban J connectivity index is 0.00000225. The number of benzene rings is 1. The summed E-state index contributed by atoms with van der Waals surface area (Å²) in [5.74, 6) is 0.766. The number of halogens is 2. The van der Waals surface area contributed by atoms with E-state index >= 15 is 0 Å². The number of carbonyl (C=O) groups is 1. The minimum absolute atomic E-state index is 0. The monoisotopic (exact) mass is 368 g/mol. The molecule has 1 aliphatic heterocycles. The van der Waals surface area contributed by atoms with Crippen LogP contribution in [0.1, 0.15) is 25.2 Å². The zero-order chi connectivity index (χ0) is 16.9. The molecule has 3 rings (SSSR count). The lowest BCUT2D eigenvalue weighted by Crippen LogP contribution is -2.38. The zero-order valence-electron chi connectivity index (χ0n) is 14.1. The van der Waals surface area contributed by atoms with Gasteiger partial charge in [-0.2, -0.15) is 4.98 Å². The quantitative estimate of drug-likeness (QED) is 0.848. The Labute approximate surface area is 152 Å². The zero-order valence-corrected chi connectivity index (χ0v) is 14.9. The molecule has 1 atom stereocenters. The van der Waals surface area contributed by atoms with Crippen molar-refractivity contribution in [3.05, 3.63) is 36.0 Å². The van der Waals surface area contributed by atoms with Crippen molar-refractivity contribution in [1.82, 2.24) is 20.4 Å². The van der Waals surface area contributed by atoms with Gasteiger partial charge in [-0.05, 0) is 43.7 Å². The van der Waals surface area contributed by atoms with E-state index < -0.39 is 0 Å². The first-order chi connectivity index (χ1) is 11.6. The maximum atomic E-state index is 12.9. The Morgan fingerprint density at radius 1 is 1.40 bits per heavy atom. The van der Waals surface area contributed by atoms with Gasteiger partial charge in [-0.15, -0.1) is 12.4 Å². The summed E-state index contributed by atoms with van der Waals surface area (Å²) in [6.45, 7) is 1.84. The van der Waals surface area contributed by atoms with E-state index in [4.69, 9.17) is 4.52 Å². The molecule has 1 aliphatic rings. The molecule has 0 aliphatic carbocycles. The Kier molecular flexibility index (Phi) is 6.90. The summed E-state index contributed by atoms with van der Waals surface area (Å²) in [6.07, 6.45) is 2.68. The third-order valence-corrected chi connectivity index (χ3v) is 4.33. The minimum atomic E-state index is -0.303. The number of carbonyl (C=O) groups excluding carboxylic acids is 1. The van der Waals surface area contributed by atoms with Crippen molar-refractivity contribution in [2.45, 2.75) is 31.7 Å². The molecule has 8 heteroatoms. The van der Waals surface area contributed by atoms with Crippen LogP contribution in [0.2, 0.25) is 0 Å². The molecule has 25 heavy (non-hydrogen) atoms. The minimum Gasteiger partial charge on any atom is -0.341 e. The summed E-state index contributed by atoms with van der Waals surface area (Å²) >= 11 is 0. The molecular formula is C17H22ClFN4O2. The topological polar surface area (TPSA) is 71.3 Å². The second-order valence-electron chi connectivity index (χ2n) is 6.02. The van der Waals surface area contributed by atoms with Crippen LogP contribution in [-0.2, 0) is 11.2 Å². The number of hydrogen-bond donors (Lipinski definition) is 1. The molecule has 6 nitrogen and oxygen atoms in total. The predicted octanol–water partition coefficient (Wildman–Crippen LogP) is 2.44. The van der Waals surface area contributed by atoms with Crippen LogP contribution in [-0.4, -0.2) is 47.1 Å². The van der Waals surface area contributed by atoms with Crippen LogP contribution in [0, 0.1) is 5.82 Å². The van der Waals surface area contributed by atoms with Gasteiger partial charge in [0.15, 0.2) is 0 Å². The lowest BCUT2D eigenvalue weighted by Gasteiger charge is -2.23. The van der Waals surface area contributed by atoms with Gasteiger partial charge < -0.3 is 14.7 Å². The first kappa shape index (κ1) is 19.3. The average molecular weight is 369 g/mol. The summed E-state index contributed by atoms with van der Waals surface area (Å²) in [4.78, 5) is 18.3. The molecule has 1 aromatic carbocycles. The molecular weight excluding hydrogens is 347 g/mol. The molecule has 136 valence electrons. The van der Waals surface area contributed by atoms with Gasteiger partial charge in [-0.25, -0.2) is 4.39 Å². The Morgan fingerprint density at radius 2 is 2.16 bits per heavy atom. The number of rotatable bonds is 6. The lowest BCUT2D eigenvalue weighted by atomic mass is 10.1. The molecule has 1 fully saturated rings. The van der Waals surface area contributed by atoms with Crippen LogP contribution >= 0.6 is 12.4 Å². The molecule has 2 heterocycles. The fourth-order valence-corrected chi connectivity index (χ4v) is 2.81. The molecule has 0 bridgehead atoms. The highest BCUT2D eigenvalue weighted by Crippen LogP contribution is 2.17. The van der Waals surface area contributed by atoms with Crippen molar-refractivity contribution in [3.63, 3.8) is 0 Å². The number of amides is 1. The Bertz CT molecular complexity index is 686. The number of aryl methyl sites for hydroxylation is 1. The van der Waals surface area contributed by atoms with Crippen molar-refractivity contribution >= 4 is 18.3 Å². The van der Waals surface area contributed by atoms with Gasteiger partial charge >= 0.3 is 0 Å². The maximum Gasteiger partial charge on any atom is 0.226 e. The second kappa shape index (κ2) is 8.92. The van der Waals surface area contributed by atoms with Crippen LogP contribution in [0.5, 0.6) is 0 Å². The molecule has 0 saturated carbocycles. The molecule has 1 aromatic heterocycles. The Hall–Kier alpha value is -1.99. The molecule has 1 N–H and O–H groups in total. The highest BCUT2D eigenvalue weighted by Gasteiger charge is 2.22. The van der Waals surface area contributed by atoms with Gasteiger partial charge in [0.2, 0.25) is 17.6 Å². The number of hydrogen-bond acceptors (Lipinski definition) is 5. The maximum absolute atomic E-state index is 12.9. The van der Waals surface area contributed by atoms with Crippen molar-refractivity contribution < 1.29 is 13.7 Å². The highest BCUT2D eigenvalue weighted by atomic mass is 35.5. The van der Waals surface area contributed by atoms with Crippen LogP contribution in [0.3, 0.4) is 0 Å². The number of likely N-dealkylation sites (N-methyl/N-ethyl adjacent to an activating group) is 1. The summed E-state index contributed by atoms with van der Waals surface area (Å²) in [5, 5.41) is 7.16. The van der Waals surface area contributed by atoms with Gasteiger partial charge in [0, 0.05) is 38.0 Å². The lowest BCUT2D eigenvalue weighted by molar-refractivity contribution is -0.131. The third kappa shape index (κ3) is 4.99. The normalized spacial score (nSPS) is 16.5. The van der Waals surface area contributed by atoms with E-state index in [-0.39, 0.29) is 24.1 Å². The first-order valence-corrected chi connectivity index (χ1v) is 8.18. The van der Waals surface area contributed by atoms with Crippen molar-refractivity contribution in [2.24, 2.45) is 0 Å². The van der Waals surface area contributed by atoms with Crippen molar-refractivity contribution in [1.29, 1.82) is 0 Å². The van der Waals surface area contributed by atoms with Gasteiger partial charge in [0.25, 0.3) is 0 Å². The van der Waals surface area contributed by atoms with Crippen LogP contribution in [0.25, 0.3) is 11.4 Å². The van der Waals surface area contributed by atoms with E-state index in [2.05, 4.69) is 15.5 Å². The summed E-state index contributed by atoms with van der Waals surface area (Å²) in [6, 6.07) is 6.23. The highest BCUT2D eigenvalue weighted by molar-refractivity contribution is 5.85. The predicted molar refractivity (Wildman–Crippen MR) is 93.9 cm³/mol. The summed E-state index contributed by atoms with van der Waals surface area (Å²) in [5.41, 5.74) is 0.705. The van der Waals surface area contributed by atoms with Gasteiger partial charge in [-0.1, -0.05) is 5.16 Å². The molecule has 2 aromatic rings. The van der Waals surface area contributed by atoms with Gasteiger partial charge in [0.1, 0.15) is 5.82 Å². The third-order valence-electron chi connectivity index (χ3n) is 4.33. The summed E-state index contributed by atoms with van der Waals surface area (Å²) in [7, 11) is 1.86. The van der Waals surface area contributed by atoms with E-state index in [1.807, 2.05) is 11.9 Å². The molecule has 1 amide bonds. The first-order valence-electron chi connectivity index (χ1n) is 8.18. The largest absolute Gasteiger partial charge is 0.341 e. The number of nitrogens with one attached hydrogen (secondary N) is 1. The van der Waals surface area contributed by atoms with E-state index in [0.717, 1.165) is 19.5 Å². The van der Waals surface area contributed by atoms with E-state index in [1.54, 1.807) is 12.1 Å².